The summed E-state index contributed by atoms with van der Waals surface area (Å²) < 4.78 is 68.2. The van der Waals surface area contributed by atoms with Gasteiger partial charge < -0.3 is 4.74 Å². The van der Waals surface area contributed by atoms with Gasteiger partial charge in [-0.1, -0.05) is 0 Å². The maximum atomic E-state index is 12.4. The van der Waals surface area contributed by atoms with Crippen molar-refractivity contribution in [1.29, 1.82) is 0 Å². The first kappa shape index (κ1) is 18.4. The van der Waals surface area contributed by atoms with Crippen LogP contribution in [0, 0.1) is 0 Å². The number of hydrogen-bond acceptors (Lipinski definition) is 4. The monoisotopic (exact) mass is 339 g/mol. The molecule has 0 radical (unpaired) electrons. The zero-order chi connectivity index (χ0) is 17.0. The van der Waals surface area contributed by atoms with Crippen molar-refractivity contribution in [2.45, 2.75) is 37.4 Å². The number of benzene rings is 1. The summed E-state index contributed by atoms with van der Waals surface area (Å²) >= 11 is 0. The fourth-order valence-corrected chi connectivity index (χ4v) is 2.91. The van der Waals surface area contributed by atoms with E-state index >= 15 is 0 Å². The Bertz CT molecular complexity index is 611. The Morgan fingerprint density at radius 3 is 2.27 bits per heavy atom. The largest absolute Gasteiger partial charge is 0.466 e. The van der Waals surface area contributed by atoms with Gasteiger partial charge in [-0.2, -0.15) is 13.2 Å². The van der Waals surface area contributed by atoms with Crippen LogP contribution in [0.4, 0.5) is 13.2 Å². The van der Waals surface area contributed by atoms with Crippen LogP contribution in [0.1, 0.15) is 25.8 Å². The fourth-order valence-electron chi connectivity index (χ4n) is 1.67. The molecule has 1 N–H and O–H groups in total. The van der Waals surface area contributed by atoms with E-state index in [1.807, 2.05) is 0 Å². The standard InChI is InChI=1S/C13H16F3NO4S/c1-3-21-12(18)8-9(2)17-22(19,20)11-6-4-10(5-7-11)13(14,15)16/h4-7,9,17H,3,8H2,1-2H3. The molecule has 9 heteroatoms. The first-order chi connectivity index (χ1) is 10.1. The van der Waals surface area contributed by atoms with Crippen LogP contribution in [0.25, 0.3) is 0 Å². The molecule has 1 aromatic carbocycles. The molecule has 1 aromatic rings. The fraction of sp³-hybridized carbons (Fsp3) is 0.462. The molecule has 0 amide bonds. The number of rotatable bonds is 6. The van der Waals surface area contributed by atoms with Crippen LogP contribution in [0.3, 0.4) is 0 Å². The zero-order valence-electron chi connectivity index (χ0n) is 12.0. The van der Waals surface area contributed by atoms with Crippen LogP contribution in [0.2, 0.25) is 0 Å². The number of carbonyl (C=O) groups is 1. The number of alkyl halides is 3. The second-order valence-corrected chi connectivity index (χ2v) is 6.27. The molecule has 0 saturated carbocycles. The molecular formula is C13H16F3NO4S. The number of ether oxygens (including phenoxy) is 1. The molecule has 1 rings (SSSR count). The molecule has 0 bridgehead atoms. The van der Waals surface area contributed by atoms with E-state index in [-0.39, 0.29) is 17.9 Å². The topological polar surface area (TPSA) is 72.5 Å². The number of halogens is 3. The van der Waals surface area contributed by atoms with Crippen molar-refractivity contribution < 1.29 is 31.1 Å². The Hall–Kier alpha value is -1.61. The maximum absolute atomic E-state index is 12.4. The molecule has 0 spiro atoms. The van der Waals surface area contributed by atoms with Gasteiger partial charge in [-0.25, -0.2) is 13.1 Å². The molecule has 0 aliphatic carbocycles. The average molecular weight is 339 g/mol. The van der Waals surface area contributed by atoms with Gasteiger partial charge in [0.1, 0.15) is 0 Å². The molecule has 124 valence electrons. The van der Waals surface area contributed by atoms with Gasteiger partial charge in [-0.3, -0.25) is 4.79 Å². The molecule has 0 heterocycles. The van der Waals surface area contributed by atoms with Gasteiger partial charge in [-0.15, -0.1) is 0 Å². The van der Waals surface area contributed by atoms with Crippen molar-refractivity contribution in [2.24, 2.45) is 0 Å². The van der Waals surface area contributed by atoms with E-state index in [0.717, 1.165) is 12.1 Å². The molecule has 0 aromatic heterocycles. The number of nitrogens with one attached hydrogen (secondary N) is 1. The van der Waals surface area contributed by atoms with Crippen LogP contribution in [-0.4, -0.2) is 27.0 Å². The van der Waals surface area contributed by atoms with Crippen molar-refractivity contribution in [3.8, 4) is 0 Å². The Morgan fingerprint density at radius 1 is 1.27 bits per heavy atom. The number of carbonyl (C=O) groups excluding carboxylic acids is 1. The molecule has 1 atom stereocenters. The summed E-state index contributed by atoms with van der Waals surface area (Å²) in [6.45, 7) is 3.25. The van der Waals surface area contributed by atoms with Crippen LogP contribution in [0.5, 0.6) is 0 Å². The molecule has 0 fully saturated rings. The highest BCUT2D eigenvalue weighted by atomic mass is 32.2. The molecule has 0 saturated heterocycles. The highest BCUT2D eigenvalue weighted by molar-refractivity contribution is 7.89. The van der Waals surface area contributed by atoms with E-state index in [1.165, 1.54) is 6.92 Å². The third-order valence-electron chi connectivity index (χ3n) is 2.63. The number of hydrogen-bond donors (Lipinski definition) is 1. The van der Waals surface area contributed by atoms with Crippen molar-refractivity contribution in [2.75, 3.05) is 6.61 Å². The average Bonchev–Trinajstić information content (AvgIpc) is 2.37. The quantitative estimate of drug-likeness (QED) is 0.808. The highest BCUT2D eigenvalue weighted by Crippen LogP contribution is 2.29. The minimum Gasteiger partial charge on any atom is -0.466 e. The Morgan fingerprint density at radius 2 is 1.82 bits per heavy atom. The third-order valence-corrected chi connectivity index (χ3v) is 4.23. The number of esters is 1. The lowest BCUT2D eigenvalue weighted by atomic mass is 10.2. The molecule has 0 aliphatic rings. The smallest absolute Gasteiger partial charge is 0.416 e. The van der Waals surface area contributed by atoms with Crippen LogP contribution in [-0.2, 0) is 25.7 Å². The van der Waals surface area contributed by atoms with E-state index in [2.05, 4.69) is 9.46 Å². The zero-order valence-corrected chi connectivity index (χ0v) is 12.8. The normalized spacial score (nSPS) is 13.7. The predicted octanol–water partition coefficient (Wildman–Crippen LogP) is 2.33. The van der Waals surface area contributed by atoms with Gasteiger partial charge in [0.2, 0.25) is 10.0 Å². The van der Waals surface area contributed by atoms with Crippen molar-refractivity contribution in [1.82, 2.24) is 4.72 Å². The lowest BCUT2D eigenvalue weighted by Gasteiger charge is -2.14. The summed E-state index contributed by atoms with van der Waals surface area (Å²) in [6, 6.07) is 2.35. The molecule has 0 aliphatic heterocycles. The van der Waals surface area contributed by atoms with Gasteiger partial charge in [0.25, 0.3) is 0 Å². The summed E-state index contributed by atoms with van der Waals surface area (Å²) in [5.74, 6) is -0.565. The van der Waals surface area contributed by atoms with Crippen molar-refractivity contribution >= 4 is 16.0 Å². The lowest BCUT2D eigenvalue weighted by Crippen LogP contribution is -2.34. The second kappa shape index (κ2) is 7.10. The van der Waals surface area contributed by atoms with Gasteiger partial charge in [-0.05, 0) is 38.1 Å². The summed E-state index contributed by atoms with van der Waals surface area (Å²) in [7, 11) is -4.01. The van der Waals surface area contributed by atoms with Crippen molar-refractivity contribution in [3.63, 3.8) is 0 Å². The Kier molecular flexibility index (Phi) is 5.95. The molecule has 22 heavy (non-hydrogen) atoms. The third kappa shape index (κ3) is 5.30. The van der Waals surface area contributed by atoms with E-state index in [9.17, 15) is 26.4 Å². The molecular weight excluding hydrogens is 323 g/mol. The molecule has 1 unspecified atom stereocenters. The van der Waals surface area contributed by atoms with Crippen LogP contribution < -0.4 is 4.72 Å². The van der Waals surface area contributed by atoms with Gasteiger partial charge >= 0.3 is 12.1 Å². The first-order valence-electron chi connectivity index (χ1n) is 6.41. The Balaban J connectivity index is 2.80. The summed E-state index contributed by atoms with van der Waals surface area (Å²) in [5.41, 5.74) is -0.939. The van der Waals surface area contributed by atoms with Gasteiger partial charge in [0.15, 0.2) is 0 Å². The van der Waals surface area contributed by atoms with Gasteiger partial charge in [0.05, 0.1) is 23.5 Å². The van der Waals surface area contributed by atoms with E-state index in [0.29, 0.717) is 12.1 Å². The molecule has 5 nitrogen and oxygen atoms in total. The predicted molar refractivity (Wildman–Crippen MR) is 72.5 cm³/mol. The first-order valence-corrected chi connectivity index (χ1v) is 7.89. The van der Waals surface area contributed by atoms with E-state index in [1.54, 1.807) is 6.92 Å². The summed E-state index contributed by atoms with van der Waals surface area (Å²) in [6.07, 6.45) is -4.71. The number of sulfonamides is 1. The van der Waals surface area contributed by atoms with Crippen molar-refractivity contribution in [3.05, 3.63) is 29.8 Å². The lowest BCUT2D eigenvalue weighted by molar-refractivity contribution is -0.143. The minimum atomic E-state index is -4.53. The van der Waals surface area contributed by atoms with Crippen LogP contribution >= 0.6 is 0 Å². The maximum Gasteiger partial charge on any atom is 0.416 e. The minimum absolute atomic E-state index is 0.173. The summed E-state index contributed by atoms with van der Waals surface area (Å²) in [4.78, 5) is 10.9. The van der Waals surface area contributed by atoms with Crippen LogP contribution in [0.15, 0.2) is 29.2 Å². The van der Waals surface area contributed by atoms with E-state index < -0.39 is 33.8 Å². The SMILES string of the molecule is CCOC(=O)CC(C)NS(=O)(=O)c1ccc(C(F)(F)F)cc1. The Labute approximate surface area is 126 Å². The highest BCUT2D eigenvalue weighted by Gasteiger charge is 2.30. The van der Waals surface area contributed by atoms with Gasteiger partial charge in [0, 0.05) is 6.04 Å². The second-order valence-electron chi connectivity index (χ2n) is 4.55. The van der Waals surface area contributed by atoms with E-state index in [4.69, 9.17) is 0 Å². The summed E-state index contributed by atoms with van der Waals surface area (Å²) in [5, 5.41) is 0.